The molecule has 3 rings (SSSR count). The second-order valence-electron chi connectivity index (χ2n) is 6.61. The van der Waals surface area contributed by atoms with Crippen molar-refractivity contribution < 1.29 is 19.1 Å². The van der Waals surface area contributed by atoms with E-state index >= 15 is 0 Å². The third kappa shape index (κ3) is 4.94. The Labute approximate surface area is 164 Å². The van der Waals surface area contributed by atoms with Crippen LogP contribution in [0.2, 0.25) is 0 Å². The van der Waals surface area contributed by atoms with Crippen molar-refractivity contribution in [3.8, 4) is 11.5 Å². The Morgan fingerprint density at radius 3 is 2.32 bits per heavy atom. The predicted octanol–water partition coefficient (Wildman–Crippen LogP) is 3.51. The van der Waals surface area contributed by atoms with E-state index in [1.807, 2.05) is 17.0 Å². The lowest BCUT2D eigenvalue weighted by molar-refractivity contribution is -0.129. The molecule has 7 nitrogen and oxygen atoms in total. The van der Waals surface area contributed by atoms with Crippen LogP contribution in [0.1, 0.15) is 18.4 Å². The van der Waals surface area contributed by atoms with Crippen LogP contribution >= 0.6 is 0 Å². The quantitative estimate of drug-likeness (QED) is 0.800. The number of anilines is 2. The van der Waals surface area contributed by atoms with Gasteiger partial charge in [0.05, 0.1) is 26.3 Å². The Balaban J connectivity index is 1.56. The summed E-state index contributed by atoms with van der Waals surface area (Å²) in [7, 11) is 3.09. The van der Waals surface area contributed by atoms with E-state index in [4.69, 9.17) is 9.47 Å². The molecule has 1 aliphatic heterocycles. The molecule has 3 amide bonds. The summed E-state index contributed by atoms with van der Waals surface area (Å²) in [5.74, 6) is 1.30. The molecule has 7 heteroatoms. The van der Waals surface area contributed by atoms with Crippen LogP contribution in [-0.2, 0) is 11.2 Å². The van der Waals surface area contributed by atoms with Gasteiger partial charge in [0.25, 0.3) is 0 Å². The minimum Gasteiger partial charge on any atom is -0.497 e. The smallest absolute Gasteiger partial charge is 0.323 e. The molecule has 2 aromatic rings. The first kappa shape index (κ1) is 19.5. The van der Waals surface area contributed by atoms with E-state index in [-0.39, 0.29) is 11.9 Å². The van der Waals surface area contributed by atoms with Gasteiger partial charge in [0, 0.05) is 24.8 Å². The normalized spacial score (nSPS) is 13.1. The number of nitrogens with one attached hydrogen (secondary N) is 2. The van der Waals surface area contributed by atoms with Crippen molar-refractivity contribution in [2.45, 2.75) is 19.3 Å². The fraction of sp³-hybridized carbons (Fsp3) is 0.333. The maximum atomic E-state index is 12.3. The molecule has 28 heavy (non-hydrogen) atoms. The lowest BCUT2D eigenvalue weighted by atomic mass is 10.1. The van der Waals surface area contributed by atoms with E-state index in [9.17, 15) is 9.59 Å². The molecule has 0 bridgehead atoms. The molecule has 1 heterocycles. The third-order valence-corrected chi connectivity index (χ3v) is 4.68. The van der Waals surface area contributed by atoms with Crippen LogP contribution in [0.15, 0.2) is 42.5 Å². The fourth-order valence-corrected chi connectivity index (χ4v) is 3.15. The van der Waals surface area contributed by atoms with E-state index in [1.165, 1.54) is 7.11 Å². The summed E-state index contributed by atoms with van der Waals surface area (Å²) in [6.45, 7) is 1.71. The van der Waals surface area contributed by atoms with Gasteiger partial charge in [-0.15, -0.1) is 0 Å². The molecular formula is C21H25N3O4. The molecule has 2 N–H and O–H groups in total. The highest BCUT2D eigenvalue weighted by Crippen LogP contribution is 2.29. The maximum Gasteiger partial charge on any atom is 0.323 e. The topological polar surface area (TPSA) is 79.9 Å². The number of likely N-dealkylation sites (tertiary alicyclic amines) is 1. The first-order valence-electron chi connectivity index (χ1n) is 9.26. The Bertz CT molecular complexity index is 830. The second-order valence-corrected chi connectivity index (χ2v) is 6.61. The number of carbonyl (C=O) groups excluding carboxylic acids is 2. The summed E-state index contributed by atoms with van der Waals surface area (Å²) >= 11 is 0. The fourth-order valence-electron chi connectivity index (χ4n) is 3.15. The van der Waals surface area contributed by atoms with Gasteiger partial charge in [-0.3, -0.25) is 4.79 Å². The zero-order valence-electron chi connectivity index (χ0n) is 16.2. The zero-order valence-corrected chi connectivity index (χ0v) is 16.2. The molecular weight excluding hydrogens is 358 g/mol. The zero-order chi connectivity index (χ0) is 19.9. The van der Waals surface area contributed by atoms with E-state index in [0.29, 0.717) is 29.3 Å². The Morgan fingerprint density at radius 1 is 0.964 bits per heavy atom. The summed E-state index contributed by atoms with van der Waals surface area (Å²) in [5, 5.41) is 5.53. The van der Waals surface area contributed by atoms with Gasteiger partial charge in [-0.2, -0.15) is 0 Å². The number of urea groups is 1. The Hall–Kier alpha value is -3.22. The number of methoxy groups -OCH3 is 2. The largest absolute Gasteiger partial charge is 0.497 e. The van der Waals surface area contributed by atoms with Gasteiger partial charge in [0.2, 0.25) is 5.91 Å². The minimum absolute atomic E-state index is 0.155. The van der Waals surface area contributed by atoms with Crippen LogP contribution < -0.4 is 20.1 Å². The van der Waals surface area contributed by atoms with Gasteiger partial charge in [-0.05, 0) is 42.7 Å². The van der Waals surface area contributed by atoms with E-state index < -0.39 is 0 Å². The van der Waals surface area contributed by atoms with Crippen LogP contribution in [0.3, 0.4) is 0 Å². The van der Waals surface area contributed by atoms with Crippen molar-refractivity contribution >= 4 is 23.3 Å². The SMILES string of the molecule is COc1ccc(NC(=O)Nc2ccc(CC(=O)N3CCCC3)cc2)c(OC)c1. The van der Waals surface area contributed by atoms with Crippen LogP contribution in [0.25, 0.3) is 0 Å². The second kappa shape index (κ2) is 9.12. The minimum atomic E-state index is -0.385. The van der Waals surface area contributed by atoms with Crippen LogP contribution in [0.4, 0.5) is 16.2 Å². The summed E-state index contributed by atoms with van der Waals surface area (Å²) < 4.78 is 10.4. The average Bonchev–Trinajstić information content (AvgIpc) is 3.25. The standard InChI is InChI=1S/C21H25N3O4/c1-27-17-9-10-18(19(14-17)28-2)23-21(26)22-16-7-5-15(6-8-16)13-20(25)24-11-3-4-12-24/h5-10,14H,3-4,11-13H2,1-2H3,(H2,22,23,26). The van der Waals surface area contributed by atoms with E-state index in [1.54, 1.807) is 37.4 Å². The molecule has 1 saturated heterocycles. The molecule has 0 radical (unpaired) electrons. The number of benzene rings is 2. The van der Waals surface area contributed by atoms with Crippen LogP contribution in [-0.4, -0.2) is 44.1 Å². The predicted molar refractivity (Wildman–Crippen MR) is 108 cm³/mol. The molecule has 1 fully saturated rings. The monoisotopic (exact) mass is 383 g/mol. The molecule has 0 unspecified atom stereocenters. The Morgan fingerprint density at radius 2 is 1.68 bits per heavy atom. The van der Waals surface area contributed by atoms with Crippen molar-refractivity contribution in [3.05, 3.63) is 48.0 Å². The highest BCUT2D eigenvalue weighted by molar-refractivity contribution is 6.00. The number of rotatable bonds is 6. The highest BCUT2D eigenvalue weighted by atomic mass is 16.5. The highest BCUT2D eigenvalue weighted by Gasteiger charge is 2.17. The van der Waals surface area contributed by atoms with Crippen molar-refractivity contribution in [1.29, 1.82) is 0 Å². The first-order valence-corrected chi connectivity index (χ1v) is 9.26. The Kier molecular flexibility index (Phi) is 6.37. The number of ether oxygens (including phenoxy) is 2. The molecule has 0 aromatic heterocycles. The van der Waals surface area contributed by atoms with Crippen molar-refractivity contribution in [2.75, 3.05) is 37.9 Å². The summed E-state index contributed by atoms with van der Waals surface area (Å²) in [4.78, 5) is 26.4. The molecule has 0 spiro atoms. The molecule has 0 aliphatic carbocycles. The molecule has 1 aliphatic rings. The van der Waals surface area contributed by atoms with Gasteiger partial charge in [0.1, 0.15) is 11.5 Å². The van der Waals surface area contributed by atoms with E-state index in [0.717, 1.165) is 31.5 Å². The van der Waals surface area contributed by atoms with Crippen LogP contribution in [0.5, 0.6) is 11.5 Å². The van der Waals surface area contributed by atoms with Gasteiger partial charge in [-0.1, -0.05) is 12.1 Å². The molecule has 148 valence electrons. The first-order chi connectivity index (χ1) is 13.6. The van der Waals surface area contributed by atoms with Crippen molar-refractivity contribution in [3.63, 3.8) is 0 Å². The number of amides is 3. The van der Waals surface area contributed by atoms with Gasteiger partial charge >= 0.3 is 6.03 Å². The summed E-state index contributed by atoms with van der Waals surface area (Å²) in [5.41, 5.74) is 2.11. The molecule has 2 aromatic carbocycles. The molecule has 0 saturated carbocycles. The summed E-state index contributed by atoms with van der Waals surface area (Å²) in [6, 6.07) is 12.1. The number of nitrogens with zero attached hydrogens (tertiary/aromatic N) is 1. The van der Waals surface area contributed by atoms with Gasteiger partial charge in [0.15, 0.2) is 0 Å². The average molecular weight is 383 g/mol. The number of hydrogen-bond acceptors (Lipinski definition) is 4. The number of carbonyl (C=O) groups is 2. The van der Waals surface area contributed by atoms with Gasteiger partial charge < -0.3 is 25.0 Å². The molecule has 0 atom stereocenters. The van der Waals surface area contributed by atoms with E-state index in [2.05, 4.69) is 10.6 Å². The lowest BCUT2D eigenvalue weighted by Gasteiger charge is -2.15. The van der Waals surface area contributed by atoms with Crippen molar-refractivity contribution in [1.82, 2.24) is 4.90 Å². The third-order valence-electron chi connectivity index (χ3n) is 4.68. The summed E-state index contributed by atoms with van der Waals surface area (Å²) in [6.07, 6.45) is 2.56. The lowest BCUT2D eigenvalue weighted by Crippen LogP contribution is -2.29. The number of hydrogen-bond donors (Lipinski definition) is 2. The van der Waals surface area contributed by atoms with Crippen molar-refractivity contribution in [2.24, 2.45) is 0 Å². The maximum absolute atomic E-state index is 12.3. The van der Waals surface area contributed by atoms with Crippen LogP contribution in [0, 0.1) is 0 Å². The van der Waals surface area contributed by atoms with Gasteiger partial charge in [-0.25, -0.2) is 4.79 Å².